The van der Waals surface area contributed by atoms with Gasteiger partial charge < -0.3 is 15.0 Å². The van der Waals surface area contributed by atoms with Crippen molar-refractivity contribution in [2.24, 2.45) is 0 Å². The van der Waals surface area contributed by atoms with Crippen LogP contribution in [0, 0.1) is 6.92 Å². The summed E-state index contributed by atoms with van der Waals surface area (Å²) in [6.07, 6.45) is 11.4. The third-order valence-electron chi connectivity index (χ3n) is 4.71. The molecule has 0 saturated carbocycles. The Kier molecular flexibility index (Phi) is 6.79. The molecule has 6 nitrogen and oxygen atoms in total. The standard InChI is InChI=1S/C14H14N4O.C9H13N/c1-9-12-7-18(8-13(12)14(15)17-16-9)10-3-5-11(19-2)6-4-10;1-2-3-5-9-6-4-7-10-8-9/h3-8H,1-2H3,(H2,15,17);4,6-8H,2-3,5H2,1H3. The zero-order valence-corrected chi connectivity index (χ0v) is 17.2. The second kappa shape index (κ2) is 9.68. The molecule has 6 heteroatoms. The zero-order valence-electron chi connectivity index (χ0n) is 17.2. The highest BCUT2D eigenvalue weighted by Crippen LogP contribution is 2.24. The van der Waals surface area contributed by atoms with E-state index in [4.69, 9.17) is 10.5 Å². The van der Waals surface area contributed by atoms with Gasteiger partial charge in [0.2, 0.25) is 0 Å². The summed E-state index contributed by atoms with van der Waals surface area (Å²) in [5, 5.41) is 9.91. The summed E-state index contributed by atoms with van der Waals surface area (Å²) in [5.74, 6) is 1.28. The Labute approximate surface area is 171 Å². The minimum absolute atomic E-state index is 0.452. The number of aryl methyl sites for hydroxylation is 2. The summed E-state index contributed by atoms with van der Waals surface area (Å²) in [6, 6.07) is 11.9. The fourth-order valence-corrected chi connectivity index (χ4v) is 3.01. The fraction of sp³-hybridized carbons (Fsp3) is 0.261. The van der Waals surface area contributed by atoms with E-state index >= 15 is 0 Å². The highest BCUT2D eigenvalue weighted by Gasteiger charge is 2.08. The van der Waals surface area contributed by atoms with Gasteiger partial charge >= 0.3 is 0 Å². The van der Waals surface area contributed by atoms with Crippen molar-refractivity contribution in [3.8, 4) is 11.4 Å². The summed E-state index contributed by atoms with van der Waals surface area (Å²) < 4.78 is 7.16. The highest BCUT2D eigenvalue weighted by molar-refractivity contribution is 5.92. The molecule has 0 saturated heterocycles. The molecule has 0 bridgehead atoms. The molecule has 0 aliphatic carbocycles. The predicted molar refractivity (Wildman–Crippen MR) is 117 cm³/mol. The van der Waals surface area contributed by atoms with Crippen molar-refractivity contribution in [1.82, 2.24) is 19.7 Å². The monoisotopic (exact) mass is 389 g/mol. The first kappa shape index (κ1) is 20.3. The number of methoxy groups -OCH3 is 1. The molecular formula is C23H27N5O. The number of benzene rings is 1. The molecule has 0 aliphatic rings. The number of hydrogen-bond acceptors (Lipinski definition) is 5. The van der Waals surface area contributed by atoms with E-state index in [0.717, 1.165) is 27.9 Å². The van der Waals surface area contributed by atoms with Crippen LogP contribution in [0.15, 0.2) is 61.2 Å². The van der Waals surface area contributed by atoms with Crippen molar-refractivity contribution in [2.45, 2.75) is 33.1 Å². The van der Waals surface area contributed by atoms with Crippen LogP contribution in [0.4, 0.5) is 5.82 Å². The summed E-state index contributed by atoms with van der Waals surface area (Å²) >= 11 is 0. The van der Waals surface area contributed by atoms with Gasteiger partial charge in [0, 0.05) is 41.2 Å². The Morgan fingerprint density at radius 2 is 1.79 bits per heavy atom. The molecule has 4 rings (SSSR count). The molecule has 0 amide bonds. The lowest BCUT2D eigenvalue weighted by atomic mass is 10.1. The first-order valence-corrected chi connectivity index (χ1v) is 9.76. The number of ether oxygens (including phenoxy) is 1. The van der Waals surface area contributed by atoms with Gasteiger partial charge in [0.25, 0.3) is 0 Å². The topological polar surface area (TPSA) is 78.8 Å². The Balaban J connectivity index is 0.000000204. The molecule has 1 aromatic carbocycles. The number of nitrogens with two attached hydrogens (primary N) is 1. The third-order valence-corrected chi connectivity index (χ3v) is 4.71. The minimum atomic E-state index is 0.452. The Morgan fingerprint density at radius 1 is 1.03 bits per heavy atom. The molecule has 0 atom stereocenters. The van der Waals surface area contributed by atoms with Gasteiger partial charge in [0.05, 0.1) is 12.8 Å². The van der Waals surface area contributed by atoms with E-state index in [-0.39, 0.29) is 0 Å². The second-order valence-electron chi connectivity index (χ2n) is 6.83. The normalized spacial score (nSPS) is 10.4. The number of rotatable bonds is 5. The van der Waals surface area contributed by atoms with Crippen LogP contribution in [0.3, 0.4) is 0 Å². The molecule has 0 spiro atoms. The van der Waals surface area contributed by atoms with Gasteiger partial charge in [-0.1, -0.05) is 19.4 Å². The summed E-state index contributed by atoms with van der Waals surface area (Å²) in [7, 11) is 1.65. The molecule has 150 valence electrons. The summed E-state index contributed by atoms with van der Waals surface area (Å²) in [4.78, 5) is 4.04. The smallest absolute Gasteiger partial charge is 0.155 e. The number of anilines is 1. The first-order chi connectivity index (χ1) is 14.1. The average molecular weight is 390 g/mol. The number of unbranched alkanes of at least 4 members (excludes halogenated alkanes) is 1. The number of aromatic nitrogens is 4. The number of hydrogen-bond donors (Lipinski definition) is 1. The summed E-state index contributed by atoms with van der Waals surface area (Å²) in [5.41, 5.74) is 9.12. The van der Waals surface area contributed by atoms with Crippen molar-refractivity contribution in [3.63, 3.8) is 0 Å². The molecule has 0 radical (unpaired) electrons. The van der Waals surface area contributed by atoms with Crippen molar-refractivity contribution in [3.05, 3.63) is 72.4 Å². The van der Waals surface area contributed by atoms with Gasteiger partial charge in [0.15, 0.2) is 5.82 Å². The molecule has 3 aromatic heterocycles. The lowest BCUT2D eigenvalue weighted by molar-refractivity contribution is 0.415. The van der Waals surface area contributed by atoms with Gasteiger partial charge in [-0.25, -0.2) is 0 Å². The van der Waals surface area contributed by atoms with Crippen LogP contribution in [0.2, 0.25) is 0 Å². The van der Waals surface area contributed by atoms with Gasteiger partial charge in [0.1, 0.15) is 5.75 Å². The largest absolute Gasteiger partial charge is 0.497 e. The van der Waals surface area contributed by atoms with E-state index in [0.29, 0.717) is 5.82 Å². The van der Waals surface area contributed by atoms with E-state index in [1.54, 1.807) is 7.11 Å². The molecule has 0 unspecified atom stereocenters. The van der Waals surface area contributed by atoms with E-state index < -0.39 is 0 Å². The third kappa shape index (κ3) is 5.10. The molecule has 2 N–H and O–H groups in total. The van der Waals surface area contributed by atoms with Crippen LogP contribution < -0.4 is 10.5 Å². The van der Waals surface area contributed by atoms with E-state index in [1.807, 2.05) is 66.6 Å². The van der Waals surface area contributed by atoms with Crippen molar-refractivity contribution in [1.29, 1.82) is 0 Å². The quantitative estimate of drug-likeness (QED) is 0.533. The molecule has 0 aliphatic heterocycles. The maximum Gasteiger partial charge on any atom is 0.155 e. The molecular weight excluding hydrogens is 362 g/mol. The molecule has 3 heterocycles. The highest BCUT2D eigenvalue weighted by atomic mass is 16.5. The van der Waals surface area contributed by atoms with Crippen LogP contribution in [-0.4, -0.2) is 26.9 Å². The van der Waals surface area contributed by atoms with Crippen LogP contribution >= 0.6 is 0 Å². The number of nitrogens with zero attached hydrogens (tertiary/aromatic N) is 4. The van der Waals surface area contributed by atoms with Crippen LogP contribution in [0.1, 0.15) is 31.0 Å². The molecule has 4 aromatic rings. The number of nitrogen functional groups attached to an aromatic ring is 1. The first-order valence-electron chi connectivity index (χ1n) is 9.76. The number of pyridine rings is 1. The zero-order chi connectivity index (χ0) is 20.6. The van der Waals surface area contributed by atoms with E-state index in [2.05, 4.69) is 28.2 Å². The predicted octanol–water partition coefficient (Wildman–Crippen LogP) is 4.74. The maximum atomic E-state index is 5.86. The molecule has 0 fully saturated rings. The van der Waals surface area contributed by atoms with E-state index in [1.165, 1.54) is 24.8 Å². The Hall–Kier alpha value is -3.41. The average Bonchev–Trinajstić information content (AvgIpc) is 3.23. The van der Waals surface area contributed by atoms with Gasteiger partial charge in [-0.05, 0) is 55.7 Å². The lowest BCUT2D eigenvalue weighted by Gasteiger charge is -2.03. The fourth-order valence-electron chi connectivity index (χ4n) is 3.01. The van der Waals surface area contributed by atoms with Gasteiger partial charge in [-0.15, -0.1) is 5.10 Å². The second-order valence-corrected chi connectivity index (χ2v) is 6.83. The maximum absolute atomic E-state index is 5.86. The lowest BCUT2D eigenvalue weighted by Crippen LogP contribution is -1.94. The van der Waals surface area contributed by atoms with Crippen molar-refractivity contribution < 1.29 is 4.74 Å². The summed E-state index contributed by atoms with van der Waals surface area (Å²) in [6.45, 7) is 4.13. The van der Waals surface area contributed by atoms with Crippen molar-refractivity contribution >= 4 is 16.6 Å². The Morgan fingerprint density at radius 3 is 2.41 bits per heavy atom. The van der Waals surface area contributed by atoms with Crippen LogP contribution in [-0.2, 0) is 6.42 Å². The Bertz CT molecular complexity index is 1000. The van der Waals surface area contributed by atoms with Gasteiger partial charge in [-0.2, -0.15) is 5.10 Å². The number of fused-ring (bicyclic) bond motifs is 1. The van der Waals surface area contributed by atoms with Crippen LogP contribution in [0.25, 0.3) is 16.5 Å². The van der Waals surface area contributed by atoms with Crippen LogP contribution in [0.5, 0.6) is 5.75 Å². The van der Waals surface area contributed by atoms with Crippen molar-refractivity contribution in [2.75, 3.05) is 12.8 Å². The minimum Gasteiger partial charge on any atom is -0.497 e. The SMILES string of the molecule is CCCCc1cccnc1.COc1ccc(-n2cc3c(C)nnc(N)c3c2)cc1. The van der Waals surface area contributed by atoms with Gasteiger partial charge in [-0.3, -0.25) is 4.98 Å². The molecule has 29 heavy (non-hydrogen) atoms. The van der Waals surface area contributed by atoms with E-state index in [9.17, 15) is 0 Å².